The van der Waals surface area contributed by atoms with Gasteiger partial charge in [0.05, 0.1) is 39.1 Å². The number of ether oxygens (including phenoxy) is 3. The molecule has 0 saturated carbocycles. The van der Waals surface area contributed by atoms with Gasteiger partial charge in [0.25, 0.3) is 0 Å². The smallest absolute Gasteiger partial charge is 0.355 e. The molecule has 1 saturated heterocycles. The van der Waals surface area contributed by atoms with Crippen LogP contribution in [0.15, 0.2) is 60.0 Å². The van der Waals surface area contributed by atoms with Crippen molar-refractivity contribution in [3.63, 3.8) is 0 Å². The second-order valence-electron chi connectivity index (χ2n) is 6.84. The van der Waals surface area contributed by atoms with Gasteiger partial charge in [0, 0.05) is 31.5 Å². The molecule has 1 unspecified atom stereocenters. The number of carbonyl (C=O) groups excluding carboxylic acids is 2. The van der Waals surface area contributed by atoms with Crippen molar-refractivity contribution in [2.45, 2.75) is 6.10 Å². The number of methoxy groups -OCH3 is 2. The number of β-amino-alcohol motifs (C(OH)–C–C–N with tert-alkyl or cyclic N) is 1. The van der Waals surface area contributed by atoms with Gasteiger partial charge in [-0.3, -0.25) is 4.90 Å². The minimum atomic E-state index is -0.664. The lowest BCUT2D eigenvalue weighted by Gasteiger charge is -2.29. The third-order valence-corrected chi connectivity index (χ3v) is 4.98. The highest BCUT2D eigenvalue weighted by molar-refractivity contribution is 6.05. The van der Waals surface area contributed by atoms with E-state index in [1.54, 1.807) is 47.5 Å². The van der Waals surface area contributed by atoms with E-state index in [-0.39, 0.29) is 11.3 Å². The number of aliphatic hydroxyl groups is 1. The Labute approximate surface area is 175 Å². The number of anilines is 1. The summed E-state index contributed by atoms with van der Waals surface area (Å²) >= 11 is 0. The zero-order valence-corrected chi connectivity index (χ0v) is 17.1. The highest BCUT2D eigenvalue weighted by atomic mass is 16.5. The van der Waals surface area contributed by atoms with Crippen molar-refractivity contribution in [3.8, 4) is 0 Å². The van der Waals surface area contributed by atoms with Gasteiger partial charge in [-0.2, -0.15) is 0 Å². The van der Waals surface area contributed by atoms with Crippen LogP contribution in [0, 0.1) is 0 Å². The first-order chi connectivity index (χ1) is 14.5. The molecule has 3 rings (SSSR count). The average Bonchev–Trinajstić information content (AvgIpc) is 3.02. The Hall–Kier alpha value is -2.94. The molecule has 2 heterocycles. The summed E-state index contributed by atoms with van der Waals surface area (Å²) in [6.07, 6.45) is 5.89. The minimum Gasteiger partial charge on any atom is -0.465 e. The van der Waals surface area contributed by atoms with Crippen LogP contribution in [0.1, 0.15) is 11.7 Å². The lowest BCUT2D eigenvalue weighted by molar-refractivity contribution is -0.139. The van der Waals surface area contributed by atoms with Crippen LogP contribution < -0.4 is 4.90 Å². The number of allylic oxidation sites excluding steroid dienone is 2. The third kappa shape index (κ3) is 4.96. The largest absolute Gasteiger partial charge is 0.465 e. The molecular weight excluding hydrogens is 388 g/mol. The van der Waals surface area contributed by atoms with E-state index in [1.807, 2.05) is 0 Å². The average molecular weight is 414 g/mol. The maximum Gasteiger partial charge on any atom is 0.355 e. The van der Waals surface area contributed by atoms with Crippen molar-refractivity contribution >= 4 is 17.6 Å². The van der Waals surface area contributed by atoms with Crippen LogP contribution in [-0.2, 0) is 23.8 Å². The molecule has 1 atom stereocenters. The summed E-state index contributed by atoms with van der Waals surface area (Å²) < 4.78 is 15.1. The van der Waals surface area contributed by atoms with E-state index in [1.165, 1.54) is 20.3 Å². The number of esters is 2. The topological polar surface area (TPSA) is 88.5 Å². The number of hydrogen-bond acceptors (Lipinski definition) is 8. The van der Waals surface area contributed by atoms with Gasteiger partial charge >= 0.3 is 11.9 Å². The number of rotatable bonds is 6. The predicted molar refractivity (Wildman–Crippen MR) is 110 cm³/mol. The third-order valence-electron chi connectivity index (χ3n) is 4.98. The van der Waals surface area contributed by atoms with Crippen molar-refractivity contribution in [2.75, 3.05) is 52.0 Å². The Morgan fingerprint density at radius 3 is 2.37 bits per heavy atom. The number of hydrogen-bond donors (Lipinski definition) is 1. The fourth-order valence-electron chi connectivity index (χ4n) is 3.36. The number of aliphatic hydroxyl groups excluding tert-OH is 1. The summed E-state index contributed by atoms with van der Waals surface area (Å²) in [5.74, 6) is -1.30. The summed E-state index contributed by atoms with van der Waals surface area (Å²) in [5.41, 5.74) is 1.54. The second-order valence-corrected chi connectivity index (χ2v) is 6.84. The molecule has 1 aromatic rings. The van der Waals surface area contributed by atoms with Gasteiger partial charge < -0.3 is 24.2 Å². The van der Waals surface area contributed by atoms with E-state index in [2.05, 4.69) is 4.90 Å². The molecule has 30 heavy (non-hydrogen) atoms. The quantitative estimate of drug-likeness (QED) is 0.702. The van der Waals surface area contributed by atoms with E-state index >= 15 is 0 Å². The predicted octanol–water partition coefficient (Wildman–Crippen LogP) is 1.54. The molecule has 2 aliphatic rings. The molecule has 1 fully saturated rings. The fraction of sp³-hybridized carbons (Fsp3) is 0.364. The van der Waals surface area contributed by atoms with Gasteiger partial charge in [-0.15, -0.1) is 0 Å². The maximum atomic E-state index is 12.5. The minimum absolute atomic E-state index is 0.0518. The standard InChI is InChI=1S/C22H26N2O6/c1-28-21(26)18-5-3-4-10-24(20(18)22(27)29-2)17-8-6-16(7-9-17)19(25)15-23-11-13-30-14-12-23/h3-10,19,25H,11-15H2,1-2H3. The van der Waals surface area contributed by atoms with Crippen LogP contribution in [0.5, 0.6) is 0 Å². The molecule has 0 spiro atoms. The number of benzene rings is 1. The number of morpholine rings is 1. The monoisotopic (exact) mass is 414 g/mol. The van der Waals surface area contributed by atoms with E-state index in [0.717, 1.165) is 18.7 Å². The lowest BCUT2D eigenvalue weighted by atomic mass is 10.1. The Bertz CT molecular complexity index is 853. The highest BCUT2D eigenvalue weighted by Crippen LogP contribution is 2.28. The van der Waals surface area contributed by atoms with Gasteiger partial charge in [0.2, 0.25) is 0 Å². The summed E-state index contributed by atoms with van der Waals surface area (Å²) in [4.78, 5) is 28.4. The second kappa shape index (κ2) is 10.2. The first-order valence-corrected chi connectivity index (χ1v) is 9.68. The maximum absolute atomic E-state index is 12.5. The Balaban J connectivity index is 1.85. The van der Waals surface area contributed by atoms with Crippen molar-refractivity contribution in [2.24, 2.45) is 0 Å². The van der Waals surface area contributed by atoms with E-state index < -0.39 is 18.0 Å². The van der Waals surface area contributed by atoms with Gasteiger partial charge in [0.1, 0.15) is 5.70 Å². The summed E-state index contributed by atoms with van der Waals surface area (Å²) in [5, 5.41) is 10.6. The SMILES string of the molecule is COC(=O)C1=C(C(=O)OC)N(c2ccc(C(O)CN3CCOCC3)cc2)C=CC=C1. The fourth-order valence-corrected chi connectivity index (χ4v) is 3.36. The van der Waals surface area contributed by atoms with Gasteiger partial charge in [-0.05, 0) is 29.8 Å². The van der Waals surface area contributed by atoms with Gasteiger partial charge in [-0.25, -0.2) is 9.59 Å². The molecule has 160 valence electrons. The van der Waals surface area contributed by atoms with Crippen LogP contribution in [0.2, 0.25) is 0 Å². The Morgan fingerprint density at radius 1 is 1.07 bits per heavy atom. The van der Waals surface area contributed by atoms with Crippen LogP contribution >= 0.6 is 0 Å². The molecular formula is C22H26N2O6. The van der Waals surface area contributed by atoms with Crippen molar-refractivity contribution in [3.05, 3.63) is 65.5 Å². The summed E-state index contributed by atoms with van der Waals surface area (Å²) in [7, 11) is 2.51. The molecule has 0 aliphatic carbocycles. The van der Waals surface area contributed by atoms with E-state index in [4.69, 9.17) is 14.2 Å². The molecule has 0 amide bonds. The van der Waals surface area contributed by atoms with Crippen LogP contribution in [-0.4, -0.2) is 69.0 Å². The first-order valence-electron chi connectivity index (χ1n) is 9.68. The summed E-state index contributed by atoms with van der Waals surface area (Å²) in [6, 6.07) is 7.18. The van der Waals surface area contributed by atoms with Crippen LogP contribution in [0.25, 0.3) is 0 Å². The molecule has 2 aliphatic heterocycles. The lowest BCUT2D eigenvalue weighted by Crippen LogP contribution is -2.38. The van der Waals surface area contributed by atoms with Gasteiger partial charge in [-0.1, -0.05) is 18.2 Å². The highest BCUT2D eigenvalue weighted by Gasteiger charge is 2.27. The van der Waals surface area contributed by atoms with Crippen molar-refractivity contribution in [1.29, 1.82) is 0 Å². The number of nitrogens with zero attached hydrogens (tertiary/aromatic N) is 2. The van der Waals surface area contributed by atoms with Crippen LogP contribution in [0.3, 0.4) is 0 Å². The molecule has 1 N–H and O–H groups in total. The van der Waals surface area contributed by atoms with Crippen molar-refractivity contribution in [1.82, 2.24) is 4.90 Å². The molecule has 8 nitrogen and oxygen atoms in total. The Kier molecular flexibility index (Phi) is 7.40. The van der Waals surface area contributed by atoms with E-state index in [0.29, 0.717) is 25.4 Å². The molecule has 0 aromatic heterocycles. The normalized spacial score (nSPS) is 18.2. The zero-order chi connectivity index (χ0) is 21.5. The number of carbonyl (C=O) groups is 2. The summed E-state index contributed by atoms with van der Waals surface area (Å²) in [6.45, 7) is 3.46. The van der Waals surface area contributed by atoms with Gasteiger partial charge in [0.15, 0.2) is 0 Å². The zero-order valence-electron chi connectivity index (χ0n) is 17.1. The molecule has 0 radical (unpaired) electrons. The van der Waals surface area contributed by atoms with E-state index in [9.17, 15) is 14.7 Å². The molecule has 1 aromatic carbocycles. The first kappa shape index (κ1) is 21.8. The molecule has 0 bridgehead atoms. The van der Waals surface area contributed by atoms with Crippen molar-refractivity contribution < 1.29 is 28.9 Å². The Morgan fingerprint density at radius 2 is 1.73 bits per heavy atom. The van der Waals surface area contributed by atoms with Crippen LogP contribution in [0.4, 0.5) is 5.69 Å². The molecule has 8 heteroatoms.